The quantitative estimate of drug-likeness (QED) is 0.682. The molecule has 0 saturated carbocycles. The third kappa shape index (κ3) is 4.72. The molecule has 2 heteroatoms. The lowest BCUT2D eigenvalue weighted by molar-refractivity contribution is -0.116. The van der Waals surface area contributed by atoms with Gasteiger partial charge in [0.2, 0.25) is 0 Å². The van der Waals surface area contributed by atoms with Crippen molar-refractivity contribution in [1.29, 1.82) is 0 Å². The molecule has 0 saturated heterocycles. The van der Waals surface area contributed by atoms with Crippen molar-refractivity contribution in [1.82, 2.24) is 5.32 Å². The molecule has 0 unspecified atom stereocenters. The fourth-order valence-corrected chi connectivity index (χ4v) is 0.911. The van der Waals surface area contributed by atoms with Gasteiger partial charge >= 0.3 is 0 Å². The number of Topliss-reactive ketones (excluding diaryl/α,β-unsaturated/α-hetero) is 1. The van der Waals surface area contributed by atoms with E-state index >= 15 is 0 Å². The van der Waals surface area contributed by atoms with E-state index < -0.39 is 0 Å². The molecule has 1 aliphatic rings. The van der Waals surface area contributed by atoms with Crippen LogP contribution < -0.4 is 5.32 Å². The van der Waals surface area contributed by atoms with Crippen molar-refractivity contribution in [2.75, 3.05) is 6.54 Å². The molecular formula is C10H17NO. The van der Waals surface area contributed by atoms with Crippen LogP contribution in [0.3, 0.4) is 0 Å². The largest absolute Gasteiger partial charge is 0.387 e. The van der Waals surface area contributed by atoms with Gasteiger partial charge in [-0.2, -0.15) is 0 Å². The molecule has 0 aliphatic carbocycles. The molecule has 0 aromatic rings. The number of allylic oxidation sites excluding steroid dienone is 2. The summed E-state index contributed by atoms with van der Waals surface area (Å²) in [6.45, 7) is 6.45. The molecule has 0 aromatic carbocycles. The fraction of sp³-hybridized carbons (Fsp3) is 0.500. The highest BCUT2D eigenvalue weighted by Crippen LogP contribution is 2.05. The van der Waals surface area contributed by atoms with E-state index in [2.05, 4.69) is 5.32 Å². The Labute approximate surface area is 74.4 Å². The second-order valence-corrected chi connectivity index (χ2v) is 2.40. The summed E-state index contributed by atoms with van der Waals surface area (Å²) in [7, 11) is 0. The molecule has 0 radical (unpaired) electrons. The van der Waals surface area contributed by atoms with Crippen molar-refractivity contribution < 1.29 is 4.79 Å². The SMILES string of the molecule is CC.CC(=O)CC1=CCNC=C1. The number of nitrogens with one attached hydrogen (secondary N) is 1. The van der Waals surface area contributed by atoms with E-state index in [9.17, 15) is 4.79 Å². The highest BCUT2D eigenvalue weighted by atomic mass is 16.1. The summed E-state index contributed by atoms with van der Waals surface area (Å²) in [5, 5.41) is 3.02. The van der Waals surface area contributed by atoms with E-state index in [0.717, 1.165) is 12.1 Å². The normalized spacial score (nSPS) is 13.8. The number of carbonyl (C=O) groups excluding carboxylic acids is 1. The average molecular weight is 167 g/mol. The minimum absolute atomic E-state index is 0.220. The molecule has 0 amide bonds. The van der Waals surface area contributed by atoms with Gasteiger partial charge in [-0.25, -0.2) is 0 Å². The number of hydrogen-bond donors (Lipinski definition) is 1. The van der Waals surface area contributed by atoms with Gasteiger partial charge in [-0.1, -0.05) is 19.9 Å². The van der Waals surface area contributed by atoms with Crippen LogP contribution in [0.2, 0.25) is 0 Å². The zero-order valence-electron chi connectivity index (χ0n) is 8.05. The van der Waals surface area contributed by atoms with Crippen LogP contribution in [0.1, 0.15) is 27.2 Å². The minimum atomic E-state index is 0.220. The summed E-state index contributed by atoms with van der Waals surface area (Å²) in [5.74, 6) is 0.220. The van der Waals surface area contributed by atoms with Gasteiger partial charge < -0.3 is 5.32 Å². The number of hydrogen-bond acceptors (Lipinski definition) is 2. The molecule has 1 rings (SSSR count). The maximum absolute atomic E-state index is 10.6. The zero-order valence-corrected chi connectivity index (χ0v) is 8.05. The Morgan fingerprint density at radius 2 is 2.25 bits per heavy atom. The van der Waals surface area contributed by atoms with Crippen molar-refractivity contribution in [3.63, 3.8) is 0 Å². The van der Waals surface area contributed by atoms with Crippen LogP contribution in [0.4, 0.5) is 0 Å². The van der Waals surface area contributed by atoms with Gasteiger partial charge in [0.1, 0.15) is 5.78 Å². The average Bonchev–Trinajstić information content (AvgIpc) is 2.08. The third-order valence-corrected chi connectivity index (χ3v) is 1.35. The monoisotopic (exact) mass is 167 g/mol. The first kappa shape index (κ1) is 11.0. The van der Waals surface area contributed by atoms with Gasteiger partial charge in [0.15, 0.2) is 0 Å². The van der Waals surface area contributed by atoms with E-state index in [1.54, 1.807) is 6.92 Å². The van der Waals surface area contributed by atoms with Crippen molar-refractivity contribution in [2.45, 2.75) is 27.2 Å². The van der Waals surface area contributed by atoms with Gasteiger partial charge in [-0.05, 0) is 24.8 Å². The van der Waals surface area contributed by atoms with E-state index in [1.807, 2.05) is 32.2 Å². The molecule has 68 valence electrons. The predicted molar refractivity (Wildman–Crippen MR) is 51.9 cm³/mol. The van der Waals surface area contributed by atoms with Crippen LogP contribution in [0.5, 0.6) is 0 Å². The van der Waals surface area contributed by atoms with Gasteiger partial charge in [0.05, 0.1) is 0 Å². The number of rotatable bonds is 2. The first-order valence-corrected chi connectivity index (χ1v) is 4.37. The number of carbonyl (C=O) groups is 1. The van der Waals surface area contributed by atoms with Gasteiger partial charge in [0.25, 0.3) is 0 Å². The number of ketones is 1. The molecule has 2 nitrogen and oxygen atoms in total. The lowest BCUT2D eigenvalue weighted by Gasteiger charge is -2.05. The Morgan fingerprint density at radius 3 is 2.67 bits per heavy atom. The van der Waals surface area contributed by atoms with Gasteiger partial charge in [-0.3, -0.25) is 4.79 Å². The maximum Gasteiger partial charge on any atom is 0.134 e. The van der Waals surface area contributed by atoms with Gasteiger partial charge in [0, 0.05) is 13.0 Å². The zero-order chi connectivity index (χ0) is 9.40. The van der Waals surface area contributed by atoms with Crippen LogP contribution in [0.15, 0.2) is 23.9 Å². The summed E-state index contributed by atoms with van der Waals surface area (Å²) in [6.07, 6.45) is 6.41. The molecule has 1 N–H and O–H groups in total. The molecule has 12 heavy (non-hydrogen) atoms. The molecule has 0 atom stereocenters. The van der Waals surface area contributed by atoms with Crippen molar-refractivity contribution >= 4 is 5.78 Å². The van der Waals surface area contributed by atoms with E-state index in [4.69, 9.17) is 0 Å². The molecule has 0 spiro atoms. The van der Waals surface area contributed by atoms with Crippen LogP contribution in [-0.4, -0.2) is 12.3 Å². The lowest BCUT2D eigenvalue weighted by Crippen LogP contribution is -2.09. The molecular weight excluding hydrogens is 150 g/mol. The Hall–Kier alpha value is -1.05. The van der Waals surface area contributed by atoms with Crippen LogP contribution in [0.25, 0.3) is 0 Å². The Kier molecular flexibility index (Phi) is 6.07. The summed E-state index contributed by atoms with van der Waals surface area (Å²) in [4.78, 5) is 10.6. The lowest BCUT2D eigenvalue weighted by atomic mass is 10.1. The summed E-state index contributed by atoms with van der Waals surface area (Å²) in [5.41, 5.74) is 1.12. The van der Waals surface area contributed by atoms with Crippen LogP contribution >= 0.6 is 0 Å². The second kappa shape index (κ2) is 6.65. The Balaban J connectivity index is 0.000000561. The third-order valence-electron chi connectivity index (χ3n) is 1.35. The molecule has 0 aromatic heterocycles. The molecule has 1 aliphatic heterocycles. The summed E-state index contributed by atoms with van der Waals surface area (Å²) < 4.78 is 0. The number of dihydropyridines is 1. The second-order valence-electron chi connectivity index (χ2n) is 2.40. The minimum Gasteiger partial charge on any atom is -0.387 e. The molecule has 0 bridgehead atoms. The highest BCUT2D eigenvalue weighted by molar-refractivity contribution is 5.78. The van der Waals surface area contributed by atoms with E-state index in [0.29, 0.717) is 6.42 Å². The topological polar surface area (TPSA) is 29.1 Å². The summed E-state index contributed by atoms with van der Waals surface area (Å²) >= 11 is 0. The van der Waals surface area contributed by atoms with Gasteiger partial charge in [-0.15, -0.1) is 0 Å². The molecule has 1 heterocycles. The van der Waals surface area contributed by atoms with Crippen molar-refractivity contribution in [3.8, 4) is 0 Å². The van der Waals surface area contributed by atoms with Crippen molar-refractivity contribution in [3.05, 3.63) is 23.9 Å². The smallest absolute Gasteiger partial charge is 0.134 e. The maximum atomic E-state index is 10.6. The Morgan fingerprint density at radius 1 is 1.58 bits per heavy atom. The van der Waals surface area contributed by atoms with Crippen LogP contribution in [0, 0.1) is 0 Å². The van der Waals surface area contributed by atoms with E-state index in [-0.39, 0.29) is 5.78 Å². The highest BCUT2D eigenvalue weighted by Gasteiger charge is 1.98. The van der Waals surface area contributed by atoms with Crippen LogP contribution in [-0.2, 0) is 4.79 Å². The fourth-order valence-electron chi connectivity index (χ4n) is 0.911. The predicted octanol–water partition coefficient (Wildman–Crippen LogP) is 2.04. The van der Waals surface area contributed by atoms with Crippen molar-refractivity contribution in [2.24, 2.45) is 0 Å². The molecule has 0 fully saturated rings. The first-order valence-electron chi connectivity index (χ1n) is 4.37. The van der Waals surface area contributed by atoms with E-state index in [1.165, 1.54) is 0 Å². The first-order chi connectivity index (χ1) is 5.79. The summed E-state index contributed by atoms with van der Waals surface area (Å²) in [6, 6.07) is 0. The Bertz CT molecular complexity index is 192. The standard InChI is InChI=1S/C8H11NO.C2H6/c1-7(10)6-8-2-4-9-5-3-8;1-2/h2-4,9H,5-6H2,1H3;1-2H3.